The molecule has 0 radical (unpaired) electrons. The van der Waals surface area contributed by atoms with Crippen LogP contribution >= 0.6 is 23.2 Å². The molecule has 4 rings (SSSR count). The summed E-state index contributed by atoms with van der Waals surface area (Å²) in [5.41, 5.74) is 0.333. The van der Waals surface area contributed by atoms with Gasteiger partial charge in [-0.25, -0.2) is 4.90 Å². The Kier molecular flexibility index (Phi) is 2.54. The Bertz CT molecular complexity index is 620. The van der Waals surface area contributed by atoms with Crippen molar-refractivity contribution in [1.82, 2.24) is 0 Å². The Labute approximate surface area is 126 Å². The fraction of sp³-hybridized carbons (Fsp3) is 0.333. The number of para-hydroxylation sites is 1. The van der Waals surface area contributed by atoms with Crippen LogP contribution < -0.4 is 4.90 Å². The molecule has 1 aromatic rings. The number of halogens is 2. The standard InChI is InChI=1S/C15H11Cl2NO2/c16-9-2-1-3-10(17)13(9)18-14(19)11-7-4-5-8(6-7)12(11)15(18)20/h1-5,7-8,11-12H,6H2/t7-,8-,11+,12+/m0/s1. The third-order valence-corrected chi connectivity index (χ3v) is 5.24. The van der Waals surface area contributed by atoms with Gasteiger partial charge in [-0.15, -0.1) is 0 Å². The molecule has 0 aromatic heterocycles. The summed E-state index contributed by atoms with van der Waals surface area (Å²) in [6.45, 7) is 0. The quantitative estimate of drug-likeness (QED) is 0.589. The number of amides is 2. The molecule has 0 spiro atoms. The molecular weight excluding hydrogens is 297 g/mol. The molecule has 3 aliphatic rings. The predicted molar refractivity (Wildman–Crippen MR) is 76.7 cm³/mol. The Balaban J connectivity index is 1.82. The molecule has 1 saturated heterocycles. The predicted octanol–water partition coefficient (Wildman–Crippen LogP) is 3.30. The Morgan fingerprint density at radius 3 is 1.95 bits per heavy atom. The molecule has 102 valence electrons. The first-order valence-electron chi connectivity index (χ1n) is 6.59. The number of carbonyl (C=O) groups is 2. The Hall–Kier alpha value is -1.32. The van der Waals surface area contributed by atoms with E-state index in [0.29, 0.717) is 15.7 Å². The van der Waals surface area contributed by atoms with E-state index in [1.807, 2.05) is 0 Å². The number of fused-ring (bicyclic) bond motifs is 5. The van der Waals surface area contributed by atoms with Gasteiger partial charge in [0.2, 0.25) is 11.8 Å². The summed E-state index contributed by atoms with van der Waals surface area (Å²) in [4.78, 5) is 26.5. The first-order valence-corrected chi connectivity index (χ1v) is 7.35. The normalized spacial score (nSPS) is 34.2. The lowest BCUT2D eigenvalue weighted by molar-refractivity contribution is -0.123. The number of nitrogens with zero attached hydrogens (tertiary/aromatic N) is 1. The zero-order chi connectivity index (χ0) is 14.0. The van der Waals surface area contributed by atoms with Gasteiger partial charge in [0.05, 0.1) is 27.6 Å². The molecule has 5 heteroatoms. The SMILES string of the molecule is O=C1[C@H]2[C@H](C(=O)N1c1c(Cl)cccc1Cl)[C@H]1C=C[C@H]2C1. The number of anilines is 1. The number of hydrogen-bond acceptors (Lipinski definition) is 2. The van der Waals surface area contributed by atoms with E-state index >= 15 is 0 Å². The summed E-state index contributed by atoms with van der Waals surface area (Å²) >= 11 is 12.3. The summed E-state index contributed by atoms with van der Waals surface area (Å²) < 4.78 is 0. The average molecular weight is 308 g/mol. The van der Waals surface area contributed by atoms with Crippen molar-refractivity contribution in [1.29, 1.82) is 0 Å². The first-order chi connectivity index (χ1) is 9.59. The van der Waals surface area contributed by atoms with Gasteiger partial charge in [0.25, 0.3) is 0 Å². The van der Waals surface area contributed by atoms with Crippen LogP contribution in [0.2, 0.25) is 10.0 Å². The fourth-order valence-electron chi connectivity index (χ4n) is 3.83. The van der Waals surface area contributed by atoms with E-state index in [0.717, 1.165) is 6.42 Å². The van der Waals surface area contributed by atoms with Crippen LogP contribution in [0.3, 0.4) is 0 Å². The number of hydrogen-bond donors (Lipinski definition) is 0. The molecule has 1 aromatic carbocycles. The smallest absolute Gasteiger partial charge is 0.238 e. The number of benzene rings is 1. The topological polar surface area (TPSA) is 37.4 Å². The number of carbonyl (C=O) groups excluding carboxylic acids is 2. The summed E-state index contributed by atoms with van der Waals surface area (Å²) in [6, 6.07) is 4.99. The molecule has 2 amide bonds. The molecule has 2 bridgehead atoms. The van der Waals surface area contributed by atoms with Crippen molar-refractivity contribution in [3.8, 4) is 0 Å². The van der Waals surface area contributed by atoms with Gasteiger partial charge in [0.15, 0.2) is 0 Å². The van der Waals surface area contributed by atoms with Gasteiger partial charge < -0.3 is 0 Å². The largest absolute Gasteiger partial charge is 0.274 e. The van der Waals surface area contributed by atoms with Crippen LogP contribution in [0, 0.1) is 23.7 Å². The first kappa shape index (κ1) is 12.4. The highest BCUT2D eigenvalue weighted by atomic mass is 35.5. The van der Waals surface area contributed by atoms with Crippen molar-refractivity contribution in [2.24, 2.45) is 23.7 Å². The second-order valence-electron chi connectivity index (χ2n) is 5.58. The van der Waals surface area contributed by atoms with Crippen LogP contribution in [0.1, 0.15) is 6.42 Å². The Morgan fingerprint density at radius 2 is 1.45 bits per heavy atom. The van der Waals surface area contributed by atoms with Crippen molar-refractivity contribution in [3.63, 3.8) is 0 Å². The fourth-order valence-corrected chi connectivity index (χ4v) is 4.39. The second kappa shape index (κ2) is 4.09. The van der Waals surface area contributed by atoms with Gasteiger partial charge in [-0.2, -0.15) is 0 Å². The van der Waals surface area contributed by atoms with E-state index in [2.05, 4.69) is 12.2 Å². The zero-order valence-electron chi connectivity index (χ0n) is 10.4. The van der Waals surface area contributed by atoms with Crippen molar-refractivity contribution in [3.05, 3.63) is 40.4 Å². The minimum Gasteiger partial charge on any atom is -0.274 e. The molecule has 3 nitrogen and oxygen atoms in total. The summed E-state index contributed by atoms with van der Waals surface area (Å²) in [6.07, 6.45) is 5.04. The Morgan fingerprint density at radius 1 is 0.950 bits per heavy atom. The molecular formula is C15H11Cl2NO2. The third-order valence-electron chi connectivity index (χ3n) is 4.63. The average Bonchev–Trinajstić information content (AvgIpc) is 3.07. The highest BCUT2D eigenvalue weighted by Gasteiger charge is 2.60. The van der Waals surface area contributed by atoms with E-state index in [-0.39, 0.29) is 35.5 Å². The summed E-state index contributed by atoms with van der Waals surface area (Å²) in [7, 11) is 0. The third kappa shape index (κ3) is 1.42. The van der Waals surface area contributed by atoms with Crippen LogP contribution in [0.4, 0.5) is 5.69 Å². The van der Waals surface area contributed by atoms with Crippen molar-refractivity contribution in [2.75, 3.05) is 4.90 Å². The van der Waals surface area contributed by atoms with Gasteiger partial charge in [0.1, 0.15) is 0 Å². The maximum Gasteiger partial charge on any atom is 0.238 e. The lowest BCUT2D eigenvalue weighted by Crippen LogP contribution is -2.33. The van der Waals surface area contributed by atoms with Crippen LogP contribution in [0.15, 0.2) is 30.4 Å². The minimum atomic E-state index is -0.232. The van der Waals surface area contributed by atoms with E-state index in [1.165, 1.54) is 4.90 Å². The van der Waals surface area contributed by atoms with Gasteiger partial charge in [-0.3, -0.25) is 9.59 Å². The lowest BCUT2D eigenvalue weighted by atomic mass is 9.85. The summed E-state index contributed by atoms with van der Waals surface area (Å²) in [5.74, 6) is -0.409. The van der Waals surface area contributed by atoms with E-state index in [1.54, 1.807) is 18.2 Å². The summed E-state index contributed by atoms with van der Waals surface area (Å²) in [5, 5.41) is 0.666. The van der Waals surface area contributed by atoms with Gasteiger partial charge >= 0.3 is 0 Å². The molecule has 1 aliphatic heterocycles. The van der Waals surface area contributed by atoms with Crippen molar-refractivity contribution >= 4 is 40.7 Å². The lowest BCUT2D eigenvalue weighted by Gasteiger charge is -2.19. The molecule has 0 unspecified atom stereocenters. The highest BCUT2D eigenvalue weighted by molar-refractivity contribution is 6.42. The molecule has 4 atom stereocenters. The maximum atomic E-state index is 12.6. The van der Waals surface area contributed by atoms with Crippen molar-refractivity contribution in [2.45, 2.75) is 6.42 Å². The minimum absolute atomic E-state index is 0.160. The van der Waals surface area contributed by atoms with Gasteiger partial charge in [-0.05, 0) is 30.4 Å². The number of rotatable bonds is 1. The highest BCUT2D eigenvalue weighted by Crippen LogP contribution is 2.54. The molecule has 1 saturated carbocycles. The zero-order valence-corrected chi connectivity index (χ0v) is 11.9. The molecule has 20 heavy (non-hydrogen) atoms. The van der Waals surface area contributed by atoms with Crippen LogP contribution in [-0.2, 0) is 9.59 Å². The van der Waals surface area contributed by atoms with Gasteiger partial charge in [-0.1, -0.05) is 41.4 Å². The van der Waals surface area contributed by atoms with Crippen LogP contribution in [0.5, 0.6) is 0 Å². The monoisotopic (exact) mass is 307 g/mol. The van der Waals surface area contributed by atoms with Crippen LogP contribution in [-0.4, -0.2) is 11.8 Å². The second-order valence-corrected chi connectivity index (χ2v) is 6.40. The van der Waals surface area contributed by atoms with Gasteiger partial charge in [0, 0.05) is 0 Å². The van der Waals surface area contributed by atoms with E-state index in [4.69, 9.17) is 23.2 Å². The van der Waals surface area contributed by atoms with E-state index < -0.39 is 0 Å². The van der Waals surface area contributed by atoms with Crippen LogP contribution in [0.25, 0.3) is 0 Å². The van der Waals surface area contributed by atoms with Crippen molar-refractivity contribution < 1.29 is 9.59 Å². The maximum absolute atomic E-state index is 12.6. The molecule has 0 N–H and O–H groups in total. The molecule has 2 aliphatic carbocycles. The van der Waals surface area contributed by atoms with E-state index in [9.17, 15) is 9.59 Å². The molecule has 2 fully saturated rings. The molecule has 1 heterocycles. The number of allylic oxidation sites excluding steroid dienone is 2. The number of imide groups is 1.